The molecule has 0 amide bonds. The second-order valence-corrected chi connectivity index (χ2v) is 5.86. The zero-order valence-corrected chi connectivity index (χ0v) is 11.6. The van der Waals surface area contributed by atoms with Gasteiger partial charge in [0, 0.05) is 17.8 Å². The minimum absolute atomic E-state index is 0.190. The molecule has 1 aliphatic heterocycles. The lowest BCUT2D eigenvalue weighted by molar-refractivity contribution is 0.124. The molecule has 16 heavy (non-hydrogen) atoms. The van der Waals surface area contributed by atoms with Crippen molar-refractivity contribution in [2.45, 2.75) is 19.4 Å². The quantitative estimate of drug-likeness (QED) is 0.709. The Morgan fingerprint density at radius 3 is 2.75 bits per heavy atom. The van der Waals surface area contributed by atoms with E-state index in [0.717, 1.165) is 30.6 Å². The minimum atomic E-state index is 0.190. The van der Waals surface area contributed by atoms with Crippen LogP contribution in [0.25, 0.3) is 0 Å². The summed E-state index contributed by atoms with van der Waals surface area (Å²) in [5.41, 5.74) is 0.190. The molecule has 4 nitrogen and oxygen atoms in total. The molecule has 0 aromatic carbocycles. The molecule has 1 aliphatic rings. The van der Waals surface area contributed by atoms with Crippen LogP contribution in [0.5, 0.6) is 0 Å². The van der Waals surface area contributed by atoms with E-state index < -0.39 is 0 Å². The summed E-state index contributed by atoms with van der Waals surface area (Å²) in [7, 11) is 4.09. The van der Waals surface area contributed by atoms with Crippen molar-refractivity contribution in [3.8, 4) is 0 Å². The van der Waals surface area contributed by atoms with Gasteiger partial charge in [0.1, 0.15) is 0 Å². The summed E-state index contributed by atoms with van der Waals surface area (Å²) >= 11 is 1.79. The number of thioether (sulfide) groups is 1. The molecule has 0 aliphatic carbocycles. The first-order valence-corrected chi connectivity index (χ1v) is 6.66. The Kier molecular flexibility index (Phi) is 5.58. The van der Waals surface area contributed by atoms with Gasteiger partial charge in [0.2, 0.25) is 0 Å². The highest BCUT2D eigenvalue weighted by Gasteiger charge is 2.26. The highest BCUT2D eigenvalue weighted by Crippen LogP contribution is 2.21. The molecule has 0 saturated carbocycles. The minimum Gasteiger partial charge on any atom is -0.378 e. The van der Waals surface area contributed by atoms with Crippen molar-refractivity contribution in [1.29, 1.82) is 0 Å². The van der Waals surface area contributed by atoms with Crippen molar-refractivity contribution in [3.63, 3.8) is 0 Å². The average Bonchev–Trinajstić information content (AvgIpc) is 2.51. The van der Waals surface area contributed by atoms with E-state index in [-0.39, 0.29) is 5.54 Å². The van der Waals surface area contributed by atoms with Gasteiger partial charge in [0.25, 0.3) is 0 Å². The van der Waals surface area contributed by atoms with Crippen LogP contribution in [-0.4, -0.2) is 61.8 Å². The van der Waals surface area contributed by atoms with Crippen molar-refractivity contribution in [2.24, 2.45) is 4.99 Å². The van der Waals surface area contributed by atoms with E-state index in [1.54, 1.807) is 11.8 Å². The molecule has 1 fully saturated rings. The monoisotopic (exact) mass is 245 g/mol. The highest BCUT2D eigenvalue weighted by molar-refractivity contribution is 8.14. The van der Waals surface area contributed by atoms with Gasteiger partial charge < -0.3 is 15.0 Å². The topological polar surface area (TPSA) is 36.9 Å². The molecule has 0 aromatic rings. The van der Waals surface area contributed by atoms with Gasteiger partial charge in [-0.25, -0.2) is 0 Å². The van der Waals surface area contributed by atoms with Crippen molar-refractivity contribution >= 4 is 16.9 Å². The highest BCUT2D eigenvalue weighted by atomic mass is 32.2. The van der Waals surface area contributed by atoms with Crippen molar-refractivity contribution in [2.75, 3.05) is 46.2 Å². The molecule has 1 saturated heterocycles. The second kappa shape index (κ2) is 6.47. The third-order valence-corrected chi connectivity index (χ3v) is 3.56. The Morgan fingerprint density at radius 2 is 2.19 bits per heavy atom. The van der Waals surface area contributed by atoms with E-state index in [4.69, 9.17) is 4.74 Å². The lowest BCUT2D eigenvalue weighted by Crippen LogP contribution is -2.37. The van der Waals surface area contributed by atoms with E-state index in [1.165, 1.54) is 0 Å². The molecular weight excluding hydrogens is 222 g/mol. The molecule has 0 atom stereocenters. The standard InChI is InChI=1S/C11H23N3OS/c1-11(2)9-16-10(13-11)12-5-7-15-8-6-14(3)4/h5-9H2,1-4H3,(H,12,13). The maximum Gasteiger partial charge on any atom is 0.157 e. The van der Waals surface area contributed by atoms with Crippen LogP contribution in [-0.2, 0) is 4.74 Å². The maximum atomic E-state index is 5.47. The predicted molar refractivity (Wildman–Crippen MR) is 71.3 cm³/mol. The normalized spacial score (nSPS) is 21.7. The molecule has 5 heteroatoms. The van der Waals surface area contributed by atoms with Crippen LogP contribution in [0.15, 0.2) is 4.99 Å². The van der Waals surface area contributed by atoms with Crippen LogP contribution < -0.4 is 5.32 Å². The second-order valence-electron chi connectivity index (χ2n) is 4.90. The maximum absolute atomic E-state index is 5.47. The smallest absolute Gasteiger partial charge is 0.157 e. The van der Waals surface area contributed by atoms with Crippen LogP contribution in [0.3, 0.4) is 0 Å². The number of ether oxygens (including phenoxy) is 1. The largest absolute Gasteiger partial charge is 0.378 e. The SMILES string of the molecule is CN(C)CCOCCN=C1NC(C)(C)CS1. The molecule has 1 heterocycles. The molecular formula is C11H23N3OS. The van der Waals surface area contributed by atoms with E-state index in [0.29, 0.717) is 6.61 Å². The Bertz CT molecular complexity index is 241. The summed E-state index contributed by atoms with van der Waals surface area (Å²) < 4.78 is 5.47. The molecule has 1 rings (SSSR count). The number of hydrogen-bond donors (Lipinski definition) is 1. The van der Waals surface area contributed by atoms with Crippen LogP contribution in [0.2, 0.25) is 0 Å². The Morgan fingerprint density at radius 1 is 1.44 bits per heavy atom. The number of nitrogens with zero attached hydrogens (tertiary/aromatic N) is 2. The third-order valence-electron chi connectivity index (χ3n) is 2.19. The molecule has 94 valence electrons. The van der Waals surface area contributed by atoms with Gasteiger partial charge in [-0.05, 0) is 27.9 Å². The number of hydrogen-bond acceptors (Lipinski definition) is 4. The molecule has 0 unspecified atom stereocenters. The van der Waals surface area contributed by atoms with Gasteiger partial charge in [0.05, 0.1) is 19.8 Å². The van der Waals surface area contributed by atoms with Crippen LogP contribution in [0.1, 0.15) is 13.8 Å². The van der Waals surface area contributed by atoms with Crippen LogP contribution in [0, 0.1) is 0 Å². The molecule has 0 spiro atoms. The summed E-state index contributed by atoms with van der Waals surface area (Å²) in [5.74, 6) is 1.09. The molecule has 1 N–H and O–H groups in total. The Hall–Kier alpha value is -0.260. The zero-order valence-electron chi connectivity index (χ0n) is 10.7. The summed E-state index contributed by atoms with van der Waals surface area (Å²) in [5, 5.41) is 4.45. The van der Waals surface area contributed by atoms with Gasteiger partial charge >= 0.3 is 0 Å². The predicted octanol–water partition coefficient (Wildman–Crippen LogP) is 1.04. The van der Waals surface area contributed by atoms with Gasteiger partial charge in [0.15, 0.2) is 5.17 Å². The Balaban J connectivity index is 2.05. The first kappa shape index (κ1) is 13.8. The number of aliphatic imine (C=N–C) groups is 1. The number of amidine groups is 1. The van der Waals surface area contributed by atoms with Crippen molar-refractivity contribution in [1.82, 2.24) is 10.2 Å². The summed E-state index contributed by atoms with van der Waals surface area (Å²) in [6.45, 7) is 7.59. The fraction of sp³-hybridized carbons (Fsp3) is 0.909. The first-order valence-electron chi connectivity index (χ1n) is 5.67. The van der Waals surface area contributed by atoms with Crippen molar-refractivity contribution < 1.29 is 4.74 Å². The lowest BCUT2D eigenvalue weighted by Gasteiger charge is -2.15. The van der Waals surface area contributed by atoms with Gasteiger partial charge in [-0.15, -0.1) is 0 Å². The molecule has 0 aromatic heterocycles. The van der Waals surface area contributed by atoms with E-state index in [1.807, 2.05) is 14.1 Å². The summed E-state index contributed by atoms with van der Waals surface area (Å²) in [6, 6.07) is 0. The van der Waals surface area contributed by atoms with E-state index >= 15 is 0 Å². The fourth-order valence-corrected chi connectivity index (χ4v) is 2.36. The number of rotatable bonds is 6. The van der Waals surface area contributed by atoms with Gasteiger partial charge in [-0.1, -0.05) is 11.8 Å². The first-order chi connectivity index (χ1) is 7.49. The van der Waals surface area contributed by atoms with E-state index in [9.17, 15) is 0 Å². The Labute approximate surface area is 103 Å². The third kappa shape index (κ3) is 5.72. The van der Waals surface area contributed by atoms with Gasteiger partial charge in [-0.2, -0.15) is 0 Å². The van der Waals surface area contributed by atoms with Crippen LogP contribution in [0.4, 0.5) is 0 Å². The summed E-state index contributed by atoms with van der Waals surface area (Å²) in [4.78, 5) is 6.58. The number of likely N-dealkylation sites (N-methyl/N-ethyl adjacent to an activating group) is 1. The van der Waals surface area contributed by atoms with E-state index in [2.05, 4.69) is 29.1 Å². The molecule has 0 bridgehead atoms. The van der Waals surface area contributed by atoms with Crippen LogP contribution >= 0.6 is 11.8 Å². The lowest BCUT2D eigenvalue weighted by atomic mass is 10.1. The zero-order chi connectivity index (χ0) is 12.0. The average molecular weight is 245 g/mol. The fourth-order valence-electron chi connectivity index (χ4n) is 1.26. The molecule has 0 radical (unpaired) electrons. The van der Waals surface area contributed by atoms with Crippen molar-refractivity contribution in [3.05, 3.63) is 0 Å². The summed E-state index contributed by atoms with van der Waals surface area (Å²) in [6.07, 6.45) is 0. The van der Waals surface area contributed by atoms with Gasteiger partial charge in [-0.3, -0.25) is 4.99 Å². The number of nitrogens with one attached hydrogen (secondary N) is 1.